The van der Waals surface area contributed by atoms with Gasteiger partial charge in [-0.2, -0.15) is 0 Å². The maximum Gasteiger partial charge on any atom is 0.341 e. The van der Waals surface area contributed by atoms with Crippen LogP contribution in [0.25, 0.3) is 6.08 Å². The Morgan fingerprint density at radius 1 is 1.23 bits per heavy atom. The highest BCUT2D eigenvalue weighted by Gasteiger charge is 2.38. The first-order chi connectivity index (χ1) is 16.9. The summed E-state index contributed by atoms with van der Waals surface area (Å²) in [5, 5.41) is 9.63. The molecule has 7 nitrogen and oxygen atoms in total. The Kier molecular flexibility index (Phi) is 8.18. The van der Waals surface area contributed by atoms with Crippen molar-refractivity contribution in [2.24, 2.45) is 4.99 Å². The number of carboxylic acids is 1. The monoisotopic (exact) mass is 558 g/mol. The number of hydrogen-bond donors (Lipinski definition) is 1. The fraction of sp³-hybridized carbons (Fsp3) is 0.346. The van der Waals surface area contributed by atoms with Crippen molar-refractivity contribution in [2.45, 2.75) is 45.1 Å². The summed E-state index contributed by atoms with van der Waals surface area (Å²) in [5.41, 5.74) is 2.70. The number of nitrogens with zero attached hydrogens (tertiary/aromatic N) is 2. The fourth-order valence-electron chi connectivity index (χ4n) is 4.20. The first-order valence-corrected chi connectivity index (χ1v) is 13.1. The van der Waals surface area contributed by atoms with E-state index in [0.29, 0.717) is 26.0 Å². The summed E-state index contributed by atoms with van der Waals surface area (Å²) in [6.45, 7) is 1.54. The van der Waals surface area contributed by atoms with Gasteiger partial charge in [0.15, 0.2) is 23.3 Å². The third-order valence-electron chi connectivity index (χ3n) is 5.92. The van der Waals surface area contributed by atoms with Crippen molar-refractivity contribution in [3.8, 4) is 11.5 Å². The molecule has 1 aliphatic heterocycles. The number of carbonyl (C=O) groups is 2. The highest BCUT2D eigenvalue weighted by Crippen LogP contribution is 2.41. The Morgan fingerprint density at radius 3 is 2.60 bits per heavy atom. The van der Waals surface area contributed by atoms with E-state index in [4.69, 9.17) is 19.6 Å². The third kappa shape index (κ3) is 6.08. The number of aliphatic carboxylic acids is 1. The summed E-state index contributed by atoms with van der Waals surface area (Å²) in [6.07, 6.45) is 7.18. The summed E-state index contributed by atoms with van der Waals surface area (Å²) < 4.78 is 11.3. The van der Waals surface area contributed by atoms with E-state index in [-0.39, 0.29) is 11.9 Å². The van der Waals surface area contributed by atoms with Crippen molar-refractivity contribution in [2.75, 3.05) is 13.7 Å². The van der Waals surface area contributed by atoms with Crippen molar-refractivity contribution in [3.05, 3.63) is 56.9 Å². The minimum absolute atomic E-state index is 0.0472. The average Bonchev–Trinajstić information content (AvgIpc) is 3.14. The topological polar surface area (TPSA) is 88.4 Å². The molecular weight excluding hydrogens is 532 g/mol. The van der Waals surface area contributed by atoms with Gasteiger partial charge in [0.1, 0.15) is 0 Å². The van der Waals surface area contributed by atoms with Crippen molar-refractivity contribution in [3.63, 3.8) is 0 Å². The molecule has 2 aromatic rings. The van der Waals surface area contributed by atoms with E-state index in [9.17, 15) is 9.59 Å². The van der Waals surface area contributed by atoms with Crippen LogP contribution in [0.2, 0.25) is 0 Å². The van der Waals surface area contributed by atoms with Gasteiger partial charge in [0.2, 0.25) is 0 Å². The van der Waals surface area contributed by atoms with E-state index in [1.807, 2.05) is 42.2 Å². The van der Waals surface area contributed by atoms with Gasteiger partial charge in [0.05, 0.1) is 22.2 Å². The maximum atomic E-state index is 13.6. The summed E-state index contributed by atoms with van der Waals surface area (Å²) in [4.78, 5) is 31.8. The smallest absolute Gasteiger partial charge is 0.341 e. The third-order valence-corrected chi connectivity index (χ3v) is 7.50. The van der Waals surface area contributed by atoms with Gasteiger partial charge in [-0.15, -0.1) is 0 Å². The van der Waals surface area contributed by atoms with Crippen LogP contribution in [0.5, 0.6) is 11.5 Å². The molecule has 9 heteroatoms. The van der Waals surface area contributed by atoms with Crippen molar-refractivity contribution >= 4 is 56.5 Å². The number of carbonyl (C=O) groups excluding carboxylic acids is 1. The minimum Gasteiger partial charge on any atom is -0.493 e. The van der Waals surface area contributed by atoms with Crippen LogP contribution in [0, 0.1) is 6.92 Å². The molecule has 1 amide bonds. The average molecular weight is 559 g/mol. The Hall–Kier alpha value is -2.78. The van der Waals surface area contributed by atoms with Crippen LogP contribution in [-0.4, -0.2) is 46.8 Å². The number of aryl methyl sites for hydroxylation is 1. The molecule has 1 aliphatic carbocycles. The van der Waals surface area contributed by atoms with Crippen LogP contribution in [0.3, 0.4) is 0 Å². The summed E-state index contributed by atoms with van der Waals surface area (Å²) in [6, 6.07) is 11.6. The lowest BCUT2D eigenvalue weighted by Crippen LogP contribution is -2.40. The molecule has 1 saturated carbocycles. The second-order valence-corrected chi connectivity index (χ2v) is 10.4. The summed E-state index contributed by atoms with van der Waals surface area (Å²) in [5.74, 6) is -0.455. The number of carboxylic acid groups (broad SMARTS) is 1. The van der Waals surface area contributed by atoms with Gasteiger partial charge >= 0.3 is 5.97 Å². The second-order valence-electron chi connectivity index (χ2n) is 8.52. The summed E-state index contributed by atoms with van der Waals surface area (Å²) in [7, 11) is 1.49. The molecule has 4 rings (SSSR count). The van der Waals surface area contributed by atoms with Gasteiger partial charge in [0.25, 0.3) is 5.91 Å². The van der Waals surface area contributed by atoms with Crippen molar-refractivity contribution in [1.29, 1.82) is 0 Å². The van der Waals surface area contributed by atoms with E-state index in [2.05, 4.69) is 15.9 Å². The zero-order valence-corrected chi connectivity index (χ0v) is 22.0. The number of thioether (sulfide) groups is 1. The highest BCUT2D eigenvalue weighted by atomic mass is 79.9. The molecule has 1 N–H and O–H groups in total. The number of amides is 1. The van der Waals surface area contributed by atoms with Gasteiger partial charge in [-0.05, 0) is 83.4 Å². The lowest BCUT2D eigenvalue weighted by molar-refractivity contribution is -0.139. The lowest BCUT2D eigenvalue weighted by atomic mass is 9.94. The van der Waals surface area contributed by atoms with Crippen LogP contribution in [-0.2, 0) is 9.59 Å². The van der Waals surface area contributed by atoms with Gasteiger partial charge in [0, 0.05) is 6.04 Å². The number of aliphatic imine (C=N–C) groups is 1. The van der Waals surface area contributed by atoms with E-state index in [0.717, 1.165) is 42.5 Å². The van der Waals surface area contributed by atoms with E-state index < -0.39 is 12.6 Å². The number of hydrogen-bond acceptors (Lipinski definition) is 6. The van der Waals surface area contributed by atoms with Gasteiger partial charge < -0.3 is 14.6 Å². The number of amidine groups is 1. The fourth-order valence-corrected chi connectivity index (χ4v) is 5.84. The largest absolute Gasteiger partial charge is 0.493 e. The number of ether oxygens (including phenoxy) is 2. The molecule has 0 atom stereocenters. The number of methoxy groups -OCH3 is 1. The molecule has 0 radical (unpaired) electrons. The Morgan fingerprint density at radius 2 is 1.94 bits per heavy atom. The predicted octanol–water partition coefficient (Wildman–Crippen LogP) is 6.17. The standard InChI is InChI=1S/C26H27BrN2O5S/c1-16-8-10-18(11-9-16)28-26-29(19-6-4-3-5-7-19)25(32)22(35-26)14-17-12-20(27)24(21(13-17)33-2)34-15-23(30)31/h8-14,19H,3-7,15H2,1-2H3,(H,30,31)/b22-14+,28-26?. The van der Waals surface area contributed by atoms with Crippen molar-refractivity contribution in [1.82, 2.24) is 4.90 Å². The molecule has 2 fully saturated rings. The van der Waals surface area contributed by atoms with Crippen molar-refractivity contribution < 1.29 is 24.2 Å². The first kappa shape index (κ1) is 25.3. The number of benzene rings is 2. The Balaban J connectivity index is 1.68. The quantitative estimate of drug-likeness (QED) is 0.409. The number of halogens is 1. The molecule has 2 aromatic carbocycles. The molecule has 2 aliphatic rings. The molecular formula is C26H27BrN2O5S. The highest BCUT2D eigenvalue weighted by molar-refractivity contribution is 9.10. The molecule has 1 saturated heterocycles. The molecule has 0 unspecified atom stereocenters. The predicted molar refractivity (Wildman–Crippen MR) is 141 cm³/mol. The van der Waals surface area contributed by atoms with Crippen LogP contribution in [0.15, 0.2) is 50.8 Å². The van der Waals surface area contributed by atoms with Gasteiger partial charge in [-0.1, -0.05) is 37.0 Å². The zero-order chi connectivity index (χ0) is 24.9. The maximum absolute atomic E-state index is 13.6. The SMILES string of the molecule is COc1cc(/C=C2/SC(=Nc3ccc(C)cc3)N(C3CCCCC3)C2=O)cc(Br)c1OCC(=O)O. The Bertz CT molecular complexity index is 1170. The normalized spacial score (nSPS) is 18.9. The summed E-state index contributed by atoms with van der Waals surface area (Å²) >= 11 is 4.81. The molecule has 35 heavy (non-hydrogen) atoms. The molecule has 1 heterocycles. The lowest BCUT2D eigenvalue weighted by Gasteiger charge is -2.30. The number of rotatable bonds is 7. The van der Waals surface area contributed by atoms with Gasteiger partial charge in [-0.25, -0.2) is 9.79 Å². The molecule has 184 valence electrons. The first-order valence-electron chi connectivity index (χ1n) is 11.5. The zero-order valence-electron chi connectivity index (χ0n) is 19.6. The Labute approximate surface area is 217 Å². The molecule has 0 spiro atoms. The van der Waals surface area contributed by atoms with Crippen LogP contribution < -0.4 is 9.47 Å². The molecule has 0 aromatic heterocycles. The minimum atomic E-state index is -1.08. The van der Waals surface area contributed by atoms with Crippen LogP contribution in [0.1, 0.15) is 43.2 Å². The van der Waals surface area contributed by atoms with Crippen LogP contribution >= 0.6 is 27.7 Å². The molecule has 0 bridgehead atoms. The van der Waals surface area contributed by atoms with E-state index >= 15 is 0 Å². The van der Waals surface area contributed by atoms with E-state index in [1.54, 1.807) is 12.1 Å². The van der Waals surface area contributed by atoms with Crippen LogP contribution in [0.4, 0.5) is 5.69 Å². The van der Waals surface area contributed by atoms with Gasteiger partial charge in [-0.3, -0.25) is 9.69 Å². The van der Waals surface area contributed by atoms with E-state index in [1.165, 1.54) is 25.3 Å². The second kappa shape index (κ2) is 11.3.